The van der Waals surface area contributed by atoms with E-state index < -0.39 is 6.17 Å². The Labute approximate surface area is 105 Å². The molecule has 0 amide bonds. The minimum absolute atomic E-state index is 0.137. The van der Waals surface area contributed by atoms with Crippen molar-refractivity contribution in [3.05, 3.63) is 34.3 Å². The summed E-state index contributed by atoms with van der Waals surface area (Å²) in [6, 6.07) is 7.62. The van der Waals surface area contributed by atoms with E-state index in [1.165, 1.54) is 0 Å². The van der Waals surface area contributed by atoms with Crippen LogP contribution in [0, 0.1) is 5.92 Å². The van der Waals surface area contributed by atoms with Gasteiger partial charge in [-0.3, -0.25) is 0 Å². The van der Waals surface area contributed by atoms with Gasteiger partial charge < -0.3 is 4.90 Å². The van der Waals surface area contributed by atoms with Crippen LogP contribution in [0.15, 0.2) is 28.7 Å². The summed E-state index contributed by atoms with van der Waals surface area (Å²) in [5.41, 5.74) is 0.794. The number of rotatable bonds is 2. The first-order valence-corrected chi connectivity index (χ1v) is 6.55. The average molecular weight is 286 g/mol. The van der Waals surface area contributed by atoms with Crippen molar-refractivity contribution in [1.29, 1.82) is 0 Å². The summed E-state index contributed by atoms with van der Waals surface area (Å²) in [4.78, 5) is 2.22. The summed E-state index contributed by atoms with van der Waals surface area (Å²) >= 11 is 3.43. The molecule has 1 aliphatic heterocycles. The van der Waals surface area contributed by atoms with Crippen LogP contribution in [0.4, 0.5) is 4.39 Å². The number of halogens is 2. The lowest BCUT2D eigenvalue weighted by Gasteiger charge is -2.32. The zero-order valence-corrected chi connectivity index (χ0v) is 11.1. The Kier molecular flexibility index (Phi) is 3.98. The SMILES string of the molecule is CN1CCCC(C(F)c2ccccc2Br)C1. The van der Waals surface area contributed by atoms with Gasteiger partial charge in [-0.1, -0.05) is 34.1 Å². The minimum Gasteiger partial charge on any atom is -0.306 e. The van der Waals surface area contributed by atoms with Crippen LogP contribution >= 0.6 is 15.9 Å². The average Bonchev–Trinajstić information content (AvgIpc) is 2.29. The normalized spacial score (nSPS) is 24.3. The van der Waals surface area contributed by atoms with Crippen LogP contribution in [0.25, 0.3) is 0 Å². The molecule has 1 saturated heterocycles. The molecule has 88 valence electrons. The van der Waals surface area contributed by atoms with E-state index in [9.17, 15) is 4.39 Å². The van der Waals surface area contributed by atoms with Crippen LogP contribution in [-0.4, -0.2) is 25.0 Å². The Morgan fingerprint density at radius 2 is 2.19 bits per heavy atom. The van der Waals surface area contributed by atoms with E-state index in [2.05, 4.69) is 27.9 Å². The van der Waals surface area contributed by atoms with Crippen molar-refractivity contribution >= 4 is 15.9 Å². The van der Waals surface area contributed by atoms with Gasteiger partial charge in [0.2, 0.25) is 0 Å². The highest BCUT2D eigenvalue weighted by atomic mass is 79.9. The lowest BCUT2D eigenvalue weighted by molar-refractivity contribution is 0.126. The Bertz CT molecular complexity index is 356. The number of alkyl halides is 1. The second kappa shape index (κ2) is 5.28. The van der Waals surface area contributed by atoms with Gasteiger partial charge >= 0.3 is 0 Å². The molecule has 0 radical (unpaired) electrons. The van der Waals surface area contributed by atoms with Gasteiger partial charge in [-0.15, -0.1) is 0 Å². The number of hydrogen-bond acceptors (Lipinski definition) is 1. The van der Waals surface area contributed by atoms with Crippen LogP contribution in [0.3, 0.4) is 0 Å². The molecule has 0 spiro atoms. The van der Waals surface area contributed by atoms with Crippen molar-refractivity contribution in [2.75, 3.05) is 20.1 Å². The molecule has 1 aliphatic rings. The molecule has 0 N–H and O–H groups in total. The summed E-state index contributed by atoms with van der Waals surface area (Å²) in [6.45, 7) is 1.96. The highest BCUT2D eigenvalue weighted by molar-refractivity contribution is 9.10. The predicted molar refractivity (Wildman–Crippen MR) is 68.2 cm³/mol. The number of nitrogens with zero attached hydrogens (tertiary/aromatic N) is 1. The number of benzene rings is 1. The molecule has 2 unspecified atom stereocenters. The quantitative estimate of drug-likeness (QED) is 0.799. The molecule has 16 heavy (non-hydrogen) atoms. The summed E-state index contributed by atoms with van der Waals surface area (Å²) in [5.74, 6) is 0.137. The first-order valence-electron chi connectivity index (χ1n) is 5.75. The minimum atomic E-state index is -0.849. The summed E-state index contributed by atoms with van der Waals surface area (Å²) < 4.78 is 15.3. The molecule has 1 heterocycles. The standard InChI is InChI=1S/C13H17BrFN/c1-16-8-4-5-10(9-16)13(15)11-6-2-3-7-12(11)14/h2-3,6-7,10,13H,4-5,8-9H2,1H3. The molecule has 1 nitrogen and oxygen atoms in total. The fourth-order valence-electron chi connectivity index (χ4n) is 2.40. The zero-order chi connectivity index (χ0) is 11.5. The second-order valence-corrected chi connectivity index (χ2v) is 5.44. The topological polar surface area (TPSA) is 3.24 Å². The van der Waals surface area contributed by atoms with Crippen LogP contribution < -0.4 is 0 Å². The fraction of sp³-hybridized carbons (Fsp3) is 0.538. The Morgan fingerprint density at radius 1 is 1.44 bits per heavy atom. The lowest BCUT2D eigenvalue weighted by Crippen LogP contribution is -2.34. The zero-order valence-electron chi connectivity index (χ0n) is 9.50. The number of hydrogen-bond donors (Lipinski definition) is 0. The van der Waals surface area contributed by atoms with Gasteiger partial charge in [-0.05, 0) is 32.5 Å². The molecule has 3 heteroatoms. The maximum atomic E-state index is 14.4. The third-order valence-electron chi connectivity index (χ3n) is 3.28. The molecule has 2 atom stereocenters. The molecule has 1 fully saturated rings. The van der Waals surface area contributed by atoms with E-state index in [0.29, 0.717) is 0 Å². The van der Waals surface area contributed by atoms with Gasteiger partial charge in [-0.25, -0.2) is 4.39 Å². The molecule has 0 aromatic heterocycles. The number of likely N-dealkylation sites (tertiary alicyclic amines) is 1. The van der Waals surface area contributed by atoms with Crippen molar-refractivity contribution < 1.29 is 4.39 Å². The summed E-state index contributed by atoms with van der Waals surface area (Å²) in [7, 11) is 2.07. The maximum Gasteiger partial charge on any atom is 0.130 e. The van der Waals surface area contributed by atoms with E-state index in [1.807, 2.05) is 24.3 Å². The van der Waals surface area contributed by atoms with Crippen molar-refractivity contribution in [1.82, 2.24) is 4.90 Å². The van der Waals surface area contributed by atoms with Crippen LogP contribution in [-0.2, 0) is 0 Å². The first-order chi connectivity index (χ1) is 7.68. The Morgan fingerprint density at radius 3 is 2.88 bits per heavy atom. The summed E-state index contributed by atoms with van der Waals surface area (Å²) in [5, 5.41) is 0. The van der Waals surface area contributed by atoms with Crippen molar-refractivity contribution in [2.45, 2.75) is 19.0 Å². The molecule has 0 aliphatic carbocycles. The van der Waals surface area contributed by atoms with Crippen molar-refractivity contribution in [3.8, 4) is 0 Å². The van der Waals surface area contributed by atoms with Gasteiger partial charge in [0, 0.05) is 22.5 Å². The molecule has 0 saturated carbocycles. The van der Waals surface area contributed by atoms with Gasteiger partial charge in [0.1, 0.15) is 6.17 Å². The van der Waals surface area contributed by atoms with E-state index >= 15 is 0 Å². The van der Waals surface area contributed by atoms with Gasteiger partial charge in [0.25, 0.3) is 0 Å². The van der Waals surface area contributed by atoms with Gasteiger partial charge in [-0.2, -0.15) is 0 Å². The molecule has 1 aromatic carbocycles. The van der Waals surface area contributed by atoms with Crippen LogP contribution in [0.5, 0.6) is 0 Å². The molecule has 2 rings (SSSR count). The van der Waals surface area contributed by atoms with E-state index in [4.69, 9.17) is 0 Å². The second-order valence-electron chi connectivity index (χ2n) is 4.59. The molecule has 1 aromatic rings. The van der Waals surface area contributed by atoms with Gasteiger partial charge in [0.15, 0.2) is 0 Å². The van der Waals surface area contributed by atoms with E-state index in [0.717, 1.165) is 36.0 Å². The van der Waals surface area contributed by atoms with Crippen LogP contribution in [0.1, 0.15) is 24.6 Å². The first kappa shape index (κ1) is 12.1. The lowest BCUT2D eigenvalue weighted by atomic mass is 9.90. The third kappa shape index (κ3) is 2.64. The van der Waals surface area contributed by atoms with Gasteiger partial charge in [0.05, 0.1) is 0 Å². The highest BCUT2D eigenvalue weighted by Gasteiger charge is 2.27. The van der Waals surface area contributed by atoms with Crippen LogP contribution in [0.2, 0.25) is 0 Å². The fourth-order valence-corrected chi connectivity index (χ4v) is 2.90. The largest absolute Gasteiger partial charge is 0.306 e. The summed E-state index contributed by atoms with van der Waals surface area (Å²) in [6.07, 6.45) is 1.25. The Balaban J connectivity index is 2.12. The highest BCUT2D eigenvalue weighted by Crippen LogP contribution is 2.35. The van der Waals surface area contributed by atoms with E-state index in [1.54, 1.807) is 0 Å². The smallest absolute Gasteiger partial charge is 0.130 e. The number of piperidine rings is 1. The van der Waals surface area contributed by atoms with E-state index in [-0.39, 0.29) is 5.92 Å². The van der Waals surface area contributed by atoms with Crippen molar-refractivity contribution in [3.63, 3.8) is 0 Å². The molecule has 0 bridgehead atoms. The van der Waals surface area contributed by atoms with Crippen molar-refractivity contribution in [2.24, 2.45) is 5.92 Å². The predicted octanol–water partition coefficient (Wildman–Crippen LogP) is 3.80. The molecular weight excluding hydrogens is 269 g/mol. The third-order valence-corrected chi connectivity index (χ3v) is 4.00. The molecular formula is C13H17BrFN. The maximum absolute atomic E-state index is 14.4. The Hall–Kier alpha value is -0.410. The monoisotopic (exact) mass is 285 g/mol.